The van der Waals surface area contributed by atoms with Gasteiger partial charge < -0.3 is 15.1 Å². The SMILES string of the molecule is CCC(CC)N(CCN)C(=O)c1coc2ccccc12. The summed E-state index contributed by atoms with van der Waals surface area (Å²) in [6.45, 7) is 5.24. The van der Waals surface area contributed by atoms with Crippen molar-refractivity contribution in [3.8, 4) is 0 Å². The monoisotopic (exact) mass is 274 g/mol. The Balaban J connectivity index is 2.36. The summed E-state index contributed by atoms with van der Waals surface area (Å²) in [4.78, 5) is 14.7. The molecule has 0 aliphatic rings. The standard InChI is InChI=1S/C16H22N2O2/c1-3-12(4-2)18(10-9-17)16(19)14-11-20-15-8-6-5-7-13(14)15/h5-8,11-12H,3-4,9-10,17H2,1-2H3. The van der Waals surface area contributed by atoms with E-state index in [0.29, 0.717) is 18.7 Å². The minimum absolute atomic E-state index is 0.00843. The Morgan fingerprint density at radius 2 is 2.00 bits per heavy atom. The van der Waals surface area contributed by atoms with Gasteiger partial charge in [-0.1, -0.05) is 32.0 Å². The Labute approximate surface area is 119 Å². The van der Waals surface area contributed by atoms with Crippen LogP contribution in [-0.4, -0.2) is 29.9 Å². The third-order valence-electron chi connectivity index (χ3n) is 3.73. The maximum atomic E-state index is 12.8. The Kier molecular flexibility index (Phi) is 4.79. The fraction of sp³-hybridized carbons (Fsp3) is 0.438. The second-order valence-corrected chi connectivity index (χ2v) is 4.90. The van der Waals surface area contributed by atoms with E-state index >= 15 is 0 Å². The zero-order chi connectivity index (χ0) is 14.5. The molecule has 20 heavy (non-hydrogen) atoms. The number of furan rings is 1. The average Bonchev–Trinajstić information content (AvgIpc) is 2.91. The van der Waals surface area contributed by atoms with Gasteiger partial charge in [0.25, 0.3) is 5.91 Å². The molecule has 0 aliphatic heterocycles. The van der Waals surface area contributed by atoms with E-state index in [-0.39, 0.29) is 11.9 Å². The average molecular weight is 274 g/mol. The van der Waals surface area contributed by atoms with Crippen LogP contribution in [0, 0.1) is 0 Å². The lowest BCUT2D eigenvalue weighted by atomic mass is 10.1. The lowest BCUT2D eigenvalue weighted by molar-refractivity contribution is 0.0675. The number of amides is 1. The van der Waals surface area contributed by atoms with E-state index in [1.807, 2.05) is 29.2 Å². The van der Waals surface area contributed by atoms with Crippen LogP contribution in [0.2, 0.25) is 0 Å². The molecule has 0 bridgehead atoms. The van der Waals surface area contributed by atoms with E-state index in [2.05, 4.69) is 13.8 Å². The van der Waals surface area contributed by atoms with Crippen molar-refractivity contribution in [1.82, 2.24) is 4.90 Å². The van der Waals surface area contributed by atoms with Gasteiger partial charge in [-0.15, -0.1) is 0 Å². The van der Waals surface area contributed by atoms with E-state index in [9.17, 15) is 4.79 Å². The van der Waals surface area contributed by atoms with Crippen molar-refractivity contribution in [2.45, 2.75) is 32.7 Å². The number of hydrogen-bond donors (Lipinski definition) is 1. The molecule has 2 rings (SSSR count). The summed E-state index contributed by atoms with van der Waals surface area (Å²) in [6.07, 6.45) is 3.41. The van der Waals surface area contributed by atoms with Gasteiger partial charge in [-0.05, 0) is 18.9 Å². The van der Waals surface area contributed by atoms with Crippen LogP contribution in [0.1, 0.15) is 37.0 Å². The molecule has 1 amide bonds. The van der Waals surface area contributed by atoms with Crippen LogP contribution < -0.4 is 5.73 Å². The first kappa shape index (κ1) is 14.6. The zero-order valence-corrected chi connectivity index (χ0v) is 12.1. The van der Waals surface area contributed by atoms with Gasteiger partial charge in [0.05, 0.1) is 5.56 Å². The molecule has 0 atom stereocenters. The third-order valence-corrected chi connectivity index (χ3v) is 3.73. The van der Waals surface area contributed by atoms with Crippen LogP contribution in [0.5, 0.6) is 0 Å². The van der Waals surface area contributed by atoms with Crippen molar-refractivity contribution >= 4 is 16.9 Å². The van der Waals surface area contributed by atoms with Gasteiger partial charge in [-0.3, -0.25) is 4.79 Å². The van der Waals surface area contributed by atoms with Gasteiger partial charge in [0.1, 0.15) is 11.8 Å². The molecule has 2 aromatic rings. The normalized spacial score (nSPS) is 11.2. The van der Waals surface area contributed by atoms with Gasteiger partial charge in [0, 0.05) is 24.5 Å². The molecule has 0 fully saturated rings. The second kappa shape index (κ2) is 6.57. The van der Waals surface area contributed by atoms with Crippen LogP contribution in [-0.2, 0) is 0 Å². The van der Waals surface area contributed by atoms with Crippen molar-refractivity contribution < 1.29 is 9.21 Å². The van der Waals surface area contributed by atoms with Crippen molar-refractivity contribution in [1.29, 1.82) is 0 Å². The molecule has 1 aromatic carbocycles. The molecule has 2 N–H and O–H groups in total. The Hall–Kier alpha value is -1.81. The second-order valence-electron chi connectivity index (χ2n) is 4.90. The van der Waals surface area contributed by atoms with Crippen LogP contribution in [0.25, 0.3) is 11.0 Å². The minimum Gasteiger partial charge on any atom is -0.463 e. The summed E-state index contributed by atoms with van der Waals surface area (Å²) in [5, 5.41) is 0.866. The fourth-order valence-electron chi connectivity index (χ4n) is 2.62. The highest BCUT2D eigenvalue weighted by Crippen LogP contribution is 2.23. The van der Waals surface area contributed by atoms with Gasteiger partial charge in [0.2, 0.25) is 0 Å². The molecule has 0 saturated carbocycles. The van der Waals surface area contributed by atoms with Crippen molar-refractivity contribution in [3.05, 3.63) is 36.1 Å². The summed E-state index contributed by atoms with van der Waals surface area (Å²) in [5.41, 5.74) is 7.03. The maximum Gasteiger partial charge on any atom is 0.258 e. The van der Waals surface area contributed by atoms with E-state index < -0.39 is 0 Å². The molecule has 0 aliphatic carbocycles. The molecule has 1 aromatic heterocycles. The Bertz CT molecular complexity index is 573. The summed E-state index contributed by atoms with van der Waals surface area (Å²) >= 11 is 0. The van der Waals surface area contributed by atoms with E-state index in [4.69, 9.17) is 10.2 Å². The van der Waals surface area contributed by atoms with Crippen molar-refractivity contribution in [2.75, 3.05) is 13.1 Å². The topological polar surface area (TPSA) is 59.5 Å². The minimum atomic E-state index is 0.00843. The quantitative estimate of drug-likeness (QED) is 0.880. The maximum absolute atomic E-state index is 12.8. The molecule has 4 nitrogen and oxygen atoms in total. The number of fused-ring (bicyclic) bond motifs is 1. The summed E-state index contributed by atoms with van der Waals surface area (Å²) in [6, 6.07) is 7.83. The largest absolute Gasteiger partial charge is 0.463 e. The Morgan fingerprint density at radius 3 is 2.65 bits per heavy atom. The lowest BCUT2D eigenvalue weighted by Crippen LogP contribution is -2.42. The highest BCUT2D eigenvalue weighted by atomic mass is 16.3. The van der Waals surface area contributed by atoms with Crippen molar-refractivity contribution in [3.63, 3.8) is 0 Å². The summed E-state index contributed by atoms with van der Waals surface area (Å²) in [5.74, 6) is 0.00843. The van der Waals surface area contributed by atoms with E-state index in [0.717, 1.165) is 23.8 Å². The van der Waals surface area contributed by atoms with Gasteiger partial charge in [-0.2, -0.15) is 0 Å². The summed E-state index contributed by atoms with van der Waals surface area (Å²) < 4.78 is 5.47. The first-order valence-corrected chi connectivity index (χ1v) is 7.20. The molecule has 108 valence electrons. The molecule has 0 saturated heterocycles. The number of rotatable bonds is 6. The van der Waals surface area contributed by atoms with E-state index in [1.165, 1.54) is 0 Å². The molecular formula is C16H22N2O2. The predicted octanol–water partition coefficient (Wildman–Crippen LogP) is 3.02. The molecule has 0 radical (unpaired) electrons. The molecule has 0 unspecified atom stereocenters. The first-order valence-electron chi connectivity index (χ1n) is 7.20. The van der Waals surface area contributed by atoms with Gasteiger partial charge in [0.15, 0.2) is 0 Å². The van der Waals surface area contributed by atoms with E-state index in [1.54, 1.807) is 6.26 Å². The third kappa shape index (κ3) is 2.70. The molecule has 4 heteroatoms. The molecule has 0 spiro atoms. The first-order chi connectivity index (χ1) is 9.72. The number of carbonyl (C=O) groups excluding carboxylic acids is 1. The van der Waals surface area contributed by atoms with Gasteiger partial charge in [-0.25, -0.2) is 0 Å². The van der Waals surface area contributed by atoms with Gasteiger partial charge >= 0.3 is 0 Å². The van der Waals surface area contributed by atoms with Crippen LogP contribution >= 0.6 is 0 Å². The molecular weight excluding hydrogens is 252 g/mol. The number of para-hydroxylation sites is 1. The predicted molar refractivity (Wildman–Crippen MR) is 80.7 cm³/mol. The van der Waals surface area contributed by atoms with Crippen LogP contribution in [0.3, 0.4) is 0 Å². The Morgan fingerprint density at radius 1 is 1.30 bits per heavy atom. The van der Waals surface area contributed by atoms with Crippen LogP contribution in [0.15, 0.2) is 34.9 Å². The smallest absolute Gasteiger partial charge is 0.258 e. The highest BCUT2D eigenvalue weighted by molar-refractivity contribution is 6.06. The molecule has 1 heterocycles. The zero-order valence-electron chi connectivity index (χ0n) is 12.1. The number of nitrogens with zero attached hydrogens (tertiary/aromatic N) is 1. The van der Waals surface area contributed by atoms with Crippen LogP contribution in [0.4, 0.5) is 0 Å². The summed E-state index contributed by atoms with van der Waals surface area (Å²) in [7, 11) is 0. The lowest BCUT2D eigenvalue weighted by Gasteiger charge is -2.30. The fourth-order valence-corrected chi connectivity index (χ4v) is 2.62. The number of hydrogen-bond acceptors (Lipinski definition) is 3. The highest BCUT2D eigenvalue weighted by Gasteiger charge is 2.24. The number of nitrogens with two attached hydrogens (primary N) is 1. The number of benzene rings is 1. The number of carbonyl (C=O) groups is 1. The van der Waals surface area contributed by atoms with Crippen molar-refractivity contribution in [2.24, 2.45) is 5.73 Å².